The summed E-state index contributed by atoms with van der Waals surface area (Å²) in [5.74, 6) is -0.674. The fourth-order valence-electron chi connectivity index (χ4n) is 2.84. The van der Waals surface area contributed by atoms with Crippen LogP contribution in [0, 0.1) is 0 Å². The summed E-state index contributed by atoms with van der Waals surface area (Å²) in [5, 5.41) is 14.5. The molecule has 0 aliphatic carbocycles. The Bertz CT molecular complexity index is 1140. The first-order valence-corrected chi connectivity index (χ1v) is 10.1. The second-order valence-corrected chi connectivity index (χ2v) is 7.43. The molecule has 0 radical (unpaired) electrons. The largest absolute Gasteiger partial charge is 0.343 e. The molecule has 4 rings (SSSR count). The fraction of sp³-hybridized carbons (Fsp3) is 0.0435. The minimum absolute atomic E-state index is 0.153. The zero-order chi connectivity index (χ0) is 20.8. The van der Waals surface area contributed by atoms with E-state index in [4.69, 9.17) is 0 Å². The Kier molecular flexibility index (Phi) is 5.91. The van der Waals surface area contributed by atoms with Crippen LogP contribution in [0.2, 0.25) is 0 Å². The standard InChI is InChI=1S/C23H18N4O2S/c28-20(25-23-27-26-22(30-23)19-9-5-2-6-10-19)15-24-21(29)18-13-11-17(12-14-18)16-7-3-1-4-8-16/h1-14H,15H2,(H,24,29)(H,25,27,28). The third kappa shape index (κ3) is 4.76. The topological polar surface area (TPSA) is 84.0 Å². The number of hydrogen-bond acceptors (Lipinski definition) is 5. The number of rotatable bonds is 6. The minimum atomic E-state index is -0.361. The van der Waals surface area contributed by atoms with Gasteiger partial charge in [-0.25, -0.2) is 0 Å². The molecule has 7 heteroatoms. The molecule has 148 valence electrons. The van der Waals surface area contributed by atoms with Crippen LogP contribution in [0.25, 0.3) is 21.7 Å². The molecule has 2 amide bonds. The van der Waals surface area contributed by atoms with Crippen molar-refractivity contribution in [3.63, 3.8) is 0 Å². The minimum Gasteiger partial charge on any atom is -0.343 e. The van der Waals surface area contributed by atoms with E-state index in [0.717, 1.165) is 16.7 Å². The molecule has 1 aromatic heterocycles. The predicted octanol–water partition coefficient (Wildman–Crippen LogP) is 4.24. The van der Waals surface area contributed by atoms with Gasteiger partial charge in [0, 0.05) is 11.1 Å². The molecule has 4 aromatic rings. The average Bonchev–Trinajstić information content (AvgIpc) is 3.27. The highest BCUT2D eigenvalue weighted by Crippen LogP contribution is 2.25. The smallest absolute Gasteiger partial charge is 0.251 e. The Morgan fingerprint density at radius 2 is 1.33 bits per heavy atom. The molecule has 0 atom stereocenters. The molecule has 30 heavy (non-hydrogen) atoms. The van der Waals surface area contributed by atoms with Crippen LogP contribution >= 0.6 is 11.3 Å². The summed E-state index contributed by atoms with van der Waals surface area (Å²) in [6, 6.07) is 26.8. The van der Waals surface area contributed by atoms with E-state index in [2.05, 4.69) is 20.8 Å². The van der Waals surface area contributed by atoms with E-state index in [1.54, 1.807) is 12.1 Å². The Hall–Kier alpha value is -3.84. The molecule has 0 bridgehead atoms. The maximum Gasteiger partial charge on any atom is 0.251 e. The summed E-state index contributed by atoms with van der Waals surface area (Å²) in [5.41, 5.74) is 3.53. The van der Waals surface area contributed by atoms with Crippen molar-refractivity contribution in [1.82, 2.24) is 15.5 Å². The van der Waals surface area contributed by atoms with Crippen molar-refractivity contribution < 1.29 is 9.59 Å². The van der Waals surface area contributed by atoms with Gasteiger partial charge in [-0.3, -0.25) is 14.9 Å². The van der Waals surface area contributed by atoms with Gasteiger partial charge in [-0.05, 0) is 23.3 Å². The van der Waals surface area contributed by atoms with Crippen molar-refractivity contribution in [2.24, 2.45) is 0 Å². The van der Waals surface area contributed by atoms with Gasteiger partial charge >= 0.3 is 0 Å². The van der Waals surface area contributed by atoms with Crippen molar-refractivity contribution >= 4 is 28.3 Å². The Morgan fingerprint density at radius 3 is 2.00 bits per heavy atom. The lowest BCUT2D eigenvalue weighted by atomic mass is 10.0. The van der Waals surface area contributed by atoms with Gasteiger partial charge in [0.2, 0.25) is 11.0 Å². The summed E-state index contributed by atoms with van der Waals surface area (Å²) in [6.45, 7) is -0.153. The van der Waals surface area contributed by atoms with E-state index >= 15 is 0 Å². The first kappa shape index (κ1) is 19.5. The van der Waals surface area contributed by atoms with Crippen LogP contribution in [0.5, 0.6) is 0 Å². The molecule has 3 aromatic carbocycles. The number of nitrogens with one attached hydrogen (secondary N) is 2. The third-order valence-electron chi connectivity index (χ3n) is 4.36. The van der Waals surface area contributed by atoms with Crippen LogP contribution < -0.4 is 10.6 Å². The highest BCUT2D eigenvalue weighted by molar-refractivity contribution is 7.18. The van der Waals surface area contributed by atoms with Crippen molar-refractivity contribution in [2.45, 2.75) is 0 Å². The lowest BCUT2D eigenvalue weighted by Crippen LogP contribution is -2.32. The number of anilines is 1. The van der Waals surface area contributed by atoms with Gasteiger partial charge in [0.15, 0.2) is 0 Å². The maximum atomic E-state index is 12.3. The van der Waals surface area contributed by atoms with Gasteiger partial charge in [0.1, 0.15) is 5.01 Å². The molecule has 0 fully saturated rings. The number of nitrogens with zero attached hydrogens (tertiary/aromatic N) is 2. The fourth-order valence-corrected chi connectivity index (χ4v) is 3.61. The number of carbonyl (C=O) groups is 2. The van der Waals surface area contributed by atoms with Gasteiger partial charge in [-0.15, -0.1) is 10.2 Å². The van der Waals surface area contributed by atoms with Crippen molar-refractivity contribution in [1.29, 1.82) is 0 Å². The van der Waals surface area contributed by atoms with E-state index < -0.39 is 0 Å². The van der Waals surface area contributed by atoms with Gasteiger partial charge < -0.3 is 5.32 Å². The van der Waals surface area contributed by atoms with Crippen LogP contribution in [-0.4, -0.2) is 28.6 Å². The average molecular weight is 414 g/mol. The quantitative estimate of drug-likeness (QED) is 0.494. The van der Waals surface area contributed by atoms with Crippen LogP contribution in [0.3, 0.4) is 0 Å². The molecule has 2 N–H and O–H groups in total. The van der Waals surface area contributed by atoms with E-state index in [9.17, 15) is 9.59 Å². The second kappa shape index (κ2) is 9.11. The Morgan fingerprint density at radius 1 is 0.733 bits per heavy atom. The van der Waals surface area contributed by atoms with Crippen LogP contribution in [-0.2, 0) is 4.79 Å². The maximum absolute atomic E-state index is 12.3. The number of carbonyl (C=O) groups excluding carboxylic acids is 2. The Labute approximate surface area is 177 Å². The summed E-state index contributed by atoms with van der Waals surface area (Å²) in [7, 11) is 0. The number of hydrogen-bond donors (Lipinski definition) is 2. The SMILES string of the molecule is O=C(CNC(=O)c1ccc(-c2ccccc2)cc1)Nc1nnc(-c2ccccc2)s1. The lowest BCUT2D eigenvalue weighted by molar-refractivity contribution is -0.115. The number of aromatic nitrogens is 2. The van der Waals surface area contributed by atoms with E-state index in [1.165, 1.54) is 11.3 Å². The summed E-state index contributed by atoms with van der Waals surface area (Å²) >= 11 is 1.28. The highest BCUT2D eigenvalue weighted by atomic mass is 32.1. The van der Waals surface area contributed by atoms with E-state index in [-0.39, 0.29) is 18.4 Å². The zero-order valence-electron chi connectivity index (χ0n) is 15.9. The van der Waals surface area contributed by atoms with Crippen molar-refractivity contribution in [3.8, 4) is 21.7 Å². The molecule has 0 aliphatic rings. The first-order valence-electron chi connectivity index (χ1n) is 9.31. The normalized spacial score (nSPS) is 10.4. The van der Waals surface area contributed by atoms with E-state index in [1.807, 2.05) is 72.8 Å². The highest BCUT2D eigenvalue weighted by Gasteiger charge is 2.12. The molecule has 6 nitrogen and oxygen atoms in total. The molecule has 1 heterocycles. The first-order chi connectivity index (χ1) is 14.7. The van der Waals surface area contributed by atoms with Gasteiger partial charge in [0.05, 0.1) is 6.54 Å². The lowest BCUT2D eigenvalue weighted by Gasteiger charge is -2.06. The van der Waals surface area contributed by atoms with Crippen molar-refractivity contribution in [3.05, 3.63) is 90.5 Å². The molecule has 0 saturated carbocycles. The zero-order valence-corrected chi connectivity index (χ0v) is 16.7. The predicted molar refractivity (Wildman–Crippen MR) is 118 cm³/mol. The van der Waals surface area contributed by atoms with Crippen LogP contribution in [0.1, 0.15) is 10.4 Å². The molecule has 0 saturated heterocycles. The number of benzene rings is 3. The molecule has 0 spiro atoms. The summed E-state index contributed by atoms with van der Waals surface area (Å²) < 4.78 is 0. The van der Waals surface area contributed by atoms with Gasteiger partial charge in [-0.2, -0.15) is 0 Å². The molecular formula is C23H18N4O2S. The monoisotopic (exact) mass is 414 g/mol. The van der Waals surface area contributed by atoms with Crippen molar-refractivity contribution in [2.75, 3.05) is 11.9 Å². The van der Waals surface area contributed by atoms with E-state index in [0.29, 0.717) is 15.7 Å². The summed E-state index contributed by atoms with van der Waals surface area (Å²) in [6.07, 6.45) is 0. The summed E-state index contributed by atoms with van der Waals surface area (Å²) in [4.78, 5) is 24.5. The third-order valence-corrected chi connectivity index (χ3v) is 5.24. The van der Waals surface area contributed by atoms with Crippen LogP contribution in [0.4, 0.5) is 5.13 Å². The van der Waals surface area contributed by atoms with Crippen LogP contribution in [0.15, 0.2) is 84.9 Å². The second-order valence-electron chi connectivity index (χ2n) is 6.45. The molecular weight excluding hydrogens is 396 g/mol. The number of amides is 2. The Balaban J connectivity index is 1.31. The van der Waals surface area contributed by atoms with Gasteiger partial charge in [0.25, 0.3) is 5.91 Å². The molecule has 0 unspecified atom stereocenters. The molecule has 0 aliphatic heterocycles. The van der Waals surface area contributed by atoms with Gasteiger partial charge in [-0.1, -0.05) is 84.1 Å².